The molecule has 0 saturated carbocycles. The minimum atomic E-state index is 0.322. The summed E-state index contributed by atoms with van der Waals surface area (Å²) in [5.41, 5.74) is 4.62. The van der Waals surface area contributed by atoms with Gasteiger partial charge in [0.2, 0.25) is 0 Å². The molecule has 0 aromatic carbocycles. The van der Waals surface area contributed by atoms with Gasteiger partial charge in [-0.2, -0.15) is 10.2 Å². The highest BCUT2D eigenvalue weighted by Crippen LogP contribution is 2.21. The van der Waals surface area contributed by atoms with Crippen molar-refractivity contribution < 1.29 is 0 Å². The Labute approximate surface area is 108 Å². The van der Waals surface area contributed by atoms with Gasteiger partial charge in [0.15, 0.2) is 0 Å². The van der Waals surface area contributed by atoms with Crippen molar-refractivity contribution in [3.05, 3.63) is 34.9 Å². The van der Waals surface area contributed by atoms with Gasteiger partial charge in [0.25, 0.3) is 0 Å². The maximum Gasteiger partial charge on any atom is 0.0853 e. The van der Waals surface area contributed by atoms with Gasteiger partial charge in [0.1, 0.15) is 0 Å². The van der Waals surface area contributed by atoms with E-state index in [1.807, 2.05) is 35.7 Å². The van der Waals surface area contributed by atoms with Gasteiger partial charge in [0.05, 0.1) is 17.9 Å². The molecule has 1 N–H and O–H groups in total. The molecule has 5 nitrogen and oxygen atoms in total. The summed E-state index contributed by atoms with van der Waals surface area (Å²) >= 11 is 0. The Balaban J connectivity index is 2.29. The average Bonchev–Trinajstić information content (AvgIpc) is 2.84. The van der Waals surface area contributed by atoms with Crippen LogP contribution < -0.4 is 5.32 Å². The first-order valence-electron chi connectivity index (χ1n) is 6.22. The number of rotatable bonds is 4. The summed E-state index contributed by atoms with van der Waals surface area (Å²) < 4.78 is 3.85. The fourth-order valence-corrected chi connectivity index (χ4v) is 2.34. The van der Waals surface area contributed by atoms with E-state index in [1.54, 1.807) is 0 Å². The van der Waals surface area contributed by atoms with Crippen molar-refractivity contribution >= 4 is 0 Å². The van der Waals surface area contributed by atoms with E-state index in [1.165, 1.54) is 11.3 Å². The van der Waals surface area contributed by atoms with E-state index >= 15 is 0 Å². The van der Waals surface area contributed by atoms with E-state index < -0.39 is 0 Å². The molecule has 0 aliphatic carbocycles. The molecule has 0 aliphatic heterocycles. The summed E-state index contributed by atoms with van der Waals surface area (Å²) in [4.78, 5) is 0. The number of aryl methyl sites for hydroxylation is 2. The Morgan fingerprint density at radius 1 is 1.33 bits per heavy atom. The van der Waals surface area contributed by atoms with Crippen LogP contribution in [-0.4, -0.2) is 26.6 Å². The summed E-state index contributed by atoms with van der Waals surface area (Å²) in [6.45, 7) is 7.06. The standard InChI is InChI=1S/C13H21N5/c1-9(14-4)13-10(2)15-18(11(13)3)8-12-6-7-17(5)16-12/h6-7,9,14H,8H2,1-5H3. The van der Waals surface area contributed by atoms with Gasteiger partial charge < -0.3 is 5.32 Å². The lowest BCUT2D eigenvalue weighted by Crippen LogP contribution is -2.14. The van der Waals surface area contributed by atoms with Gasteiger partial charge in [-0.05, 0) is 33.9 Å². The zero-order chi connectivity index (χ0) is 13.3. The lowest BCUT2D eigenvalue weighted by molar-refractivity contribution is 0.619. The van der Waals surface area contributed by atoms with Crippen LogP contribution >= 0.6 is 0 Å². The third-order valence-electron chi connectivity index (χ3n) is 3.38. The SMILES string of the molecule is CNC(C)c1c(C)nn(Cc2ccn(C)n2)c1C. The Bertz CT molecular complexity index is 538. The van der Waals surface area contributed by atoms with E-state index in [4.69, 9.17) is 0 Å². The van der Waals surface area contributed by atoms with Gasteiger partial charge >= 0.3 is 0 Å². The van der Waals surface area contributed by atoms with Gasteiger partial charge in [0, 0.05) is 30.5 Å². The highest BCUT2D eigenvalue weighted by molar-refractivity contribution is 5.28. The molecule has 0 saturated heterocycles. The van der Waals surface area contributed by atoms with Crippen molar-refractivity contribution in [1.82, 2.24) is 24.9 Å². The van der Waals surface area contributed by atoms with Crippen molar-refractivity contribution in [3.63, 3.8) is 0 Å². The normalized spacial score (nSPS) is 12.9. The molecule has 0 aliphatic rings. The summed E-state index contributed by atoms with van der Waals surface area (Å²) in [5, 5.41) is 12.3. The quantitative estimate of drug-likeness (QED) is 0.892. The third kappa shape index (κ3) is 2.31. The third-order valence-corrected chi connectivity index (χ3v) is 3.38. The van der Waals surface area contributed by atoms with Crippen LogP contribution in [0.4, 0.5) is 0 Å². The second-order valence-corrected chi connectivity index (χ2v) is 4.73. The number of nitrogens with zero attached hydrogens (tertiary/aromatic N) is 4. The van der Waals surface area contributed by atoms with Gasteiger partial charge in [-0.1, -0.05) is 0 Å². The minimum absolute atomic E-state index is 0.322. The highest BCUT2D eigenvalue weighted by Gasteiger charge is 2.16. The summed E-state index contributed by atoms with van der Waals surface area (Å²) in [6, 6.07) is 2.35. The molecule has 1 atom stereocenters. The second kappa shape index (κ2) is 4.94. The van der Waals surface area contributed by atoms with Crippen molar-refractivity contribution in [2.45, 2.75) is 33.4 Å². The molecule has 0 fully saturated rings. The maximum absolute atomic E-state index is 4.61. The van der Waals surface area contributed by atoms with Gasteiger partial charge in [-0.15, -0.1) is 0 Å². The first-order chi connectivity index (χ1) is 8.52. The minimum Gasteiger partial charge on any atom is -0.313 e. The molecule has 2 aromatic heterocycles. The van der Waals surface area contributed by atoms with Crippen molar-refractivity contribution in [1.29, 1.82) is 0 Å². The predicted octanol–water partition coefficient (Wildman–Crippen LogP) is 1.56. The van der Waals surface area contributed by atoms with E-state index in [9.17, 15) is 0 Å². The van der Waals surface area contributed by atoms with Crippen molar-refractivity contribution in [3.8, 4) is 0 Å². The smallest absolute Gasteiger partial charge is 0.0853 e. The van der Waals surface area contributed by atoms with Crippen LogP contribution in [0.15, 0.2) is 12.3 Å². The molecule has 0 amide bonds. The largest absolute Gasteiger partial charge is 0.313 e. The number of aromatic nitrogens is 4. The Morgan fingerprint density at radius 2 is 2.06 bits per heavy atom. The molecule has 2 heterocycles. The van der Waals surface area contributed by atoms with Crippen molar-refractivity contribution in [2.75, 3.05) is 7.05 Å². The molecular weight excluding hydrogens is 226 g/mol. The average molecular weight is 247 g/mol. The summed E-state index contributed by atoms with van der Waals surface area (Å²) in [5.74, 6) is 0. The van der Waals surface area contributed by atoms with Crippen LogP contribution in [0.2, 0.25) is 0 Å². The molecule has 2 rings (SSSR count). The lowest BCUT2D eigenvalue weighted by Gasteiger charge is -2.11. The molecule has 2 aromatic rings. The Hall–Kier alpha value is -1.62. The van der Waals surface area contributed by atoms with Crippen LogP contribution in [-0.2, 0) is 13.6 Å². The maximum atomic E-state index is 4.61. The Kier molecular flexibility index (Phi) is 3.52. The van der Waals surface area contributed by atoms with E-state index in [0.717, 1.165) is 17.9 Å². The molecule has 1 unspecified atom stereocenters. The molecule has 0 spiro atoms. The summed E-state index contributed by atoms with van der Waals surface area (Å²) in [7, 11) is 3.90. The fourth-order valence-electron chi connectivity index (χ4n) is 2.34. The van der Waals surface area contributed by atoms with Gasteiger partial charge in [-0.25, -0.2) is 0 Å². The van der Waals surface area contributed by atoms with Crippen molar-refractivity contribution in [2.24, 2.45) is 7.05 Å². The molecule has 18 heavy (non-hydrogen) atoms. The van der Waals surface area contributed by atoms with Crippen LogP contribution in [0.1, 0.15) is 35.6 Å². The van der Waals surface area contributed by atoms with Crippen LogP contribution in [0.25, 0.3) is 0 Å². The number of nitrogens with one attached hydrogen (secondary N) is 1. The molecular formula is C13H21N5. The van der Waals surface area contributed by atoms with E-state index in [0.29, 0.717) is 6.04 Å². The van der Waals surface area contributed by atoms with Crippen LogP contribution in [0, 0.1) is 13.8 Å². The van der Waals surface area contributed by atoms with E-state index in [2.05, 4.69) is 36.3 Å². The molecule has 5 heteroatoms. The highest BCUT2D eigenvalue weighted by atomic mass is 15.3. The topological polar surface area (TPSA) is 47.7 Å². The first-order valence-corrected chi connectivity index (χ1v) is 6.22. The monoisotopic (exact) mass is 247 g/mol. The summed E-state index contributed by atoms with van der Waals surface area (Å²) in [6.07, 6.45) is 1.96. The molecule has 0 radical (unpaired) electrons. The number of hydrogen-bond acceptors (Lipinski definition) is 3. The first kappa shape index (κ1) is 12.8. The van der Waals surface area contributed by atoms with Crippen LogP contribution in [0.3, 0.4) is 0 Å². The Morgan fingerprint density at radius 3 is 2.61 bits per heavy atom. The molecule has 0 bridgehead atoms. The molecule has 98 valence electrons. The number of hydrogen-bond donors (Lipinski definition) is 1. The zero-order valence-electron chi connectivity index (χ0n) is 11.7. The predicted molar refractivity (Wildman–Crippen MR) is 71.5 cm³/mol. The van der Waals surface area contributed by atoms with Gasteiger partial charge in [-0.3, -0.25) is 9.36 Å². The zero-order valence-corrected chi connectivity index (χ0v) is 11.7. The lowest BCUT2D eigenvalue weighted by atomic mass is 10.1. The van der Waals surface area contributed by atoms with E-state index in [-0.39, 0.29) is 0 Å². The van der Waals surface area contributed by atoms with Crippen LogP contribution in [0.5, 0.6) is 0 Å². The fraction of sp³-hybridized carbons (Fsp3) is 0.538. The second-order valence-electron chi connectivity index (χ2n) is 4.73.